The maximum absolute atomic E-state index is 13.3. The molecule has 8 heteroatoms. The van der Waals surface area contributed by atoms with Gasteiger partial charge in [-0.25, -0.2) is 0 Å². The zero-order valence-corrected chi connectivity index (χ0v) is 20.1. The molecule has 1 aromatic heterocycles. The molecule has 0 bridgehead atoms. The molecular formula is C24H26BrNO6. The van der Waals surface area contributed by atoms with E-state index in [-0.39, 0.29) is 24.0 Å². The van der Waals surface area contributed by atoms with Crippen molar-refractivity contribution >= 4 is 26.9 Å². The summed E-state index contributed by atoms with van der Waals surface area (Å²) in [5.41, 5.74) is 1.71. The summed E-state index contributed by atoms with van der Waals surface area (Å²) in [6.07, 6.45) is 0.805. The molecule has 1 N–H and O–H groups in total. The number of likely N-dealkylation sites (N-methyl/N-ethyl adjacent to an activating group) is 1. The molecular weight excluding hydrogens is 478 g/mol. The summed E-state index contributed by atoms with van der Waals surface area (Å²) < 4.78 is 23.7. The monoisotopic (exact) mass is 503 g/mol. The van der Waals surface area contributed by atoms with Gasteiger partial charge in [0.2, 0.25) is 0 Å². The van der Waals surface area contributed by atoms with Crippen LogP contribution in [0.3, 0.4) is 0 Å². The number of aliphatic hydroxyl groups excluding tert-OH is 1. The van der Waals surface area contributed by atoms with Crippen LogP contribution in [0.25, 0.3) is 22.3 Å². The summed E-state index contributed by atoms with van der Waals surface area (Å²) in [6.45, 7) is 0.812. The zero-order valence-electron chi connectivity index (χ0n) is 18.5. The molecule has 1 aliphatic rings. The first-order valence-corrected chi connectivity index (χ1v) is 11.1. The molecule has 1 aliphatic heterocycles. The number of halogens is 1. The Morgan fingerprint density at radius 3 is 2.50 bits per heavy atom. The van der Waals surface area contributed by atoms with Crippen molar-refractivity contribution in [2.75, 3.05) is 41.5 Å². The normalized spacial score (nSPS) is 18.8. The minimum absolute atomic E-state index is 0.00814. The third-order valence-corrected chi connectivity index (χ3v) is 6.89. The highest BCUT2D eigenvalue weighted by Gasteiger charge is 2.37. The standard InChI is InChI=1S/C24H26BrNO6/c1-26-8-7-15(17(26)12-27)22-20(30-3)11-21(31-4)23-18(28)10-19(32-24(22)23)14-6-5-13(29-2)9-16(14)25/h5-6,9-11,15,17,27H,7-8,12H2,1-4H3/t15?,17-/m1/s1. The average molecular weight is 504 g/mol. The fourth-order valence-electron chi connectivity index (χ4n) is 4.55. The van der Waals surface area contributed by atoms with Gasteiger partial charge in [0.25, 0.3) is 0 Å². The maximum atomic E-state index is 13.3. The molecule has 4 rings (SSSR count). The second-order valence-electron chi connectivity index (χ2n) is 7.85. The van der Waals surface area contributed by atoms with Gasteiger partial charge in [0.05, 0.1) is 27.9 Å². The van der Waals surface area contributed by atoms with Crippen LogP contribution in [0.1, 0.15) is 17.9 Å². The van der Waals surface area contributed by atoms with E-state index in [9.17, 15) is 9.90 Å². The lowest BCUT2D eigenvalue weighted by atomic mass is 9.89. The maximum Gasteiger partial charge on any atom is 0.197 e. The Morgan fingerprint density at radius 1 is 1.12 bits per heavy atom. The number of hydrogen-bond acceptors (Lipinski definition) is 7. The van der Waals surface area contributed by atoms with Gasteiger partial charge in [-0.3, -0.25) is 4.79 Å². The summed E-state index contributed by atoms with van der Waals surface area (Å²) >= 11 is 3.55. The van der Waals surface area contributed by atoms with E-state index < -0.39 is 0 Å². The number of rotatable bonds is 6. The van der Waals surface area contributed by atoms with Crippen LogP contribution in [0.2, 0.25) is 0 Å². The highest BCUT2D eigenvalue weighted by molar-refractivity contribution is 9.10. The van der Waals surface area contributed by atoms with Crippen molar-refractivity contribution in [3.63, 3.8) is 0 Å². The van der Waals surface area contributed by atoms with Gasteiger partial charge in [-0.15, -0.1) is 0 Å². The summed E-state index contributed by atoms with van der Waals surface area (Å²) in [4.78, 5) is 15.4. The van der Waals surface area contributed by atoms with Crippen LogP contribution >= 0.6 is 15.9 Å². The average Bonchev–Trinajstić information content (AvgIpc) is 3.17. The van der Waals surface area contributed by atoms with Crippen LogP contribution in [-0.4, -0.2) is 57.6 Å². The lowest BCUT2D eigenvalue weighted by molar-refractivity contribution is 0.171. The van der Waals surface area contributed by atoms with Crippen LogP contribution in [0.5, 0.6) is 17.2 Å². The van der Waals surface area contributed by atoms with E-state index in [1.165, 1.54) is 13.2 Å². The number of methoxy groups -OCH3 is 3. The molecule has 170 valence electrons. The molecule has 0 radical (unpaired) electrons. The summed E-state index contributed by atoms with van der Waals surface area (Å²) in [5.74, 6) is 2.00. The van der Waals surface area contributed by atoms with Crippen molar-refractivity contribution < 1.29 is 23.7 Å². The number of benzene rings is 2. The van der Waals surface area contributed by atoms with Crippen LogP contribution in [0.15, 0.2) is 44.0 Å². The number of likely N-dealkylation sites (tertiary alicyclic amines) is 1. The topological polar surface area (TPSA) is 81.4 Å². The second-order valence-corrected chi connectivity index (χ2v) is 8.70. The van der Waals surface area contributed by atoms with Gasteiger partial charge in [0, 0.05) is 39.7 Å². The fourth-order valence-corrected chi connectivity index (χ4v) is 5.10. The van der Waals surface area contributed by atoms with E-state index in [0.29, 0.717) is 34.0 Å². The van der Waals surface area contributed by atoms with Crippen molar-refractivity contribution in [1.29, 1.82) is 0 Å². The quantitative estimate of drug-likeness (QED) is 0.543. The molecule has 7 nitrogen and oxygen atoms in total. The first-order valence-electron chi connectivity index (χ1n) is 10.3. The molecule has 2 atom stereocenters. The molecule has 1 saturated heterocycles. The molecule has 2 aromatic carbocycles. The van der Waals surface area contributed by atoms with Crippen molar-refractivity contribution in [1.82, 2.24) is 4.90 Å². The van der Waals surface area contributed by atoms with E-state index in [1.807, 2.05) is 25.2 Å². The van der Waals surface area contributed by atoms with E-state index in [0.717, 1.165) is 28.6 Å². The third kappa shape index (κ3) is 3.76. The van der Waals surface area contributed by atoms with E-state index >= 15 is 0 Å². The minimum Gasteiger partial charge on any atom is -0.497 e. The lowest BCUT2D eigenvalue weighted by Crippen LogP contribution is -2.32. The van der Waals surface area contributed by atoms with Gasteiger partial charge < -0.3 is 28.6 Å². The van der Waals surface area contributed by atoms with Crippen LogP contribution in [-0.2, 0) is 0 Å². The predicted molar refractivity (Wildman–Crippen MR) is 126 cm³/mol. The number of ether oxygens (including phenoxy) is 3. The first kappa shape index (κ1) is 22.6. The molecule has 0 aliphatic carbocycles. The summed E-state index contributed by atoms with van der Waals surface area (Å²) in [5, 5.41) is 10.4. The van der Waals surface area contributed by atoms with Gasteiger partial charge in [-0.2, -0.15) is 0 Å². The molecule has 1 unspecified atom stereocenters. The number of nitrogens with zero attached hydrogens (tertiary/aromatic N) is 1. The Bertz CT molecular complexity index is 1210. The van der Waals surface area contributed by atoms with Gasteiger partial charge in [-0.1, -0.05) is 0 Å². The Balaban J connectivity index is 2.03. The van der Waals surface area contributed by atoms with E-state index in [4.69, 9.17) is 18.6 Å². The van der Waals surface area contributed by atoms with Gasteiger partial charge in [0.1, 0.15) is 34.0 Å². The van der Waals surface area contributed by atoms with Gasteiger partial charge >= 0.3 is 0 Å². The van der Waals surface area contributed by atoms with Gasteiger partial charge in [0.15, 0.2) is 5.43 Å². The number of aliphatic hydroxyl groups is 1. The zero-order chi connectivity index (χ0) is 23.0. The third-order valence-electron chi connectivity index (χ3n) is 6.23. The summed E-state index contributed by atoms with van der Waals surface area (Å²) in [6, 6.07) is 8.56. The Hall–Kier alpha value is -2.55. The Morgan fingerprint density at radius 2 is 1.88 bits per heavy atom. The van der Waals surface area contributed by atoms with Crippen molar-refractivity contribution in [2.24, 2.45) is 0 Å². The molecule has 1 fully saturated rings. The van der Waals surface area contributed by atoms with Crippen LogP contribution in [0.4, 0.5) is 0 Å². The number of fused-ring (bicyclic) bond motifs is 1. The van der Waals surface area contributed by atoms with Crippen molar-refractivity contribution in [3.05, 3.63) is 50.6 Å². The predicted octanol–water partition coefficient (Wildman–Crippen LogP) is 4.03. The SMILES string of the molecule is COc1ccc(-c2cc(=O)c3c(OC)cc(OC)c(C4CCN(C)[C@@H]4CO)c3o2)c(Br)c1. The lowest BCUT2D eigenvalue weighted by Gasteiger charge is -2.25. The van der Waals surface area contributed by atoms with Gasteiger partial charge in [-0.05, 0) is 54.1 Å². The summed E-state index contributed by atoms with van der Waals surface area (Å²) in [7, 11) is 6.67. The Labute approximate surface area is 194 Å². The highest BCUT2D eigenvalue weighted by Crippen LogP contribution is 2.45. The molecule has 3 aromatic rings. The fraction of sp³-hybridized carbons (Fsp3) is 0.375. The smallest absolute Gasteiger partial charge is 0.197 e. The van der Waals surface area contributed by atoms with Crippen molar-refractivity contribution in [3.8, 4) is 28.6 Å². The molecule has 0 spiro atoms. The second kappa shape index (κ2) is 9.13. The molecule has 2 heterocycles. The minimum atomic E-state index is -0.211. The van der Waals surface area contributed by atoms with E-state index in [1.54, 1.807) is 20.3 Å². The molecule has 0 saturated carbocycles. The van der Waals surface area contributed by atoms with E-state index in [2.05, 4.69) is 20.8 Å². The highest BCUT2D eigenvalue weighted by atomic mass is 79.9. The Kier molecular flexibility index (Phi) is 6.46. The molecule has 32 heavy (non-hydrogen) atoms. The first-order chi connectivity index (χ1) is 15.4. The van der Waals surface area contributed by atoms with Crippen LogP contribution < -0.4 is 19.6 Å². The van der Waals surface area contributed by atoms with Crippen LogP contribution in [0, 0.1) is 0 Å². The molecule has 0 amide bonds. The largest absolute Gasteiger partial charge is 0.497 e. The van der Waals surface area contributed by atoms with Crippen molar-refractivity contribution in [2.45, 2.75) is 18.4 Å². The number of hydrogen-bond donors (Lipinski definition) is 1.